The fourth-order valence-electron chi connectivity index (χ4n) is 2.68. The Balaban J connectivity index is 2.18. The molecule has 0 amide bonds. The van der Waals surface area contributed by atoms with Gasteiger partial charge in [0.2, 0.25) is 10.0 Å². The van der Waals surface area contributed by atoms with Gasteiger partial charge in [0.1, 0.15) is 5.02 Å². The van der Waals surface area contributed by atoms with E-state index in [-0.39, 0.29) is 21.4 Å². The van der Waals surface area contributed by atoms with Crippen LogP contribution < -0.4 is 10.3 Å². The van der Waals surface area contributed by atoms with Crippen molar-refractivity contribution in [3.8, 4) is 0 Å². The third-order valence-electron chi connectivity index (χ3n) is 3.67. The van der Waals surface area contributed by atoms with Gasteiger partial charge in [-0.25, -0.2) is 13.1 Å². The summed E-state index contributed by atoms with van der Waals surface area (Å²) < 4.78 is 27.3. The van der Waals surface area contributed by atoms with Gasteiger partial charge in [0.05, 0.1) is 4.90 Å². The van der Waals surface area contributed by atoms with E-state index in [9.17, 15) is 13.2 Å². The molecule has 0 saturated heterocycles. The summed E-state index contributed by atoms with van der Waals surface area (Å²) in [6.07, 6.45) is 4.93. The van der Waals surface area contributed by atoms with Crippen molar-refractivity contribution in [3.05, 3.63) is 27.6 Å². The quantitative estimate of drug-likeness (QED) is 0.897. The van der Waals surface area contributed by atoms with E-state index in [2.05, 4.69) is 23.6 Å². The molecule has 1 aromatic rings. The van der Waals surface area contributed by atoms with Crippen LogP contribution in [0, 0.1) is 5.41 Å². The number of pyridine rings is 1. The minimum atomic E-state index is -3.65. The molecule has 5 nitrogen and oxygen atoms in total. The first-order valence-corrected chi connectivity index (χ1v) is 8.46. The van der Waals surface area contributed by atoms with Crippen molar-refractivity contribution in [3.63, 3.8) is 0 Å². The summed E-state index contributed by atoms with van der Waals surface area (Å²) in [6.45, 7) is 4.29. The first-order chi connectivity index (χ1) is 9.20. The molecule has 1 atom stereocenters. The summed E-state index contributed by atoms with van der Waals surface area (Å²) in [5, 5.41) is -0.128. The molecule has 1 saturated carbocycles. The normalized spacial score (nSPS) is 22.6. The van der Waals surface area contributed by atoms with Crippen molar-refractivity contribution in [2.45, 2.75) is 50.5 Å². The highest BCUT2D eigenvalue weighted by molar-refractivity contribution is 7.89. The summed E-state index contributed by atoms with van der Waals surface area (Å²) in [7, 11) is -3.65. The molecule has 1 aliphatic rings. The van der Waals surface area contributed by atoms with E-state index in [0.717, 1.165) is 25.7 Å². The van der Waals surface area contributed by atoms with Gasteiger partial charge in [0, 0.05) is 12.2 Å². The Kier molecular flexibility index (Phi) is 4.27. The number of hydrogen-bond acceptors (Lipinski definition) is 3. The van der Waals surface area contributed by atoms with Crippen LogP contribution in [0.4, 0.5) is 0 Å². The van der Waals surface area contributed by atoms with E-state index in [1.54, 1.807) is 0 Å². The molecular formula is C13H19ClN2O3S. The average Bonchev–Trinajstić information content (AvgIpc) is 2.30. The van der Waals surface area contributed by atoms with E-state index >= 15 is 0 Å². The summed E-state index contributed by atoms with van der Waals surface area (Å²) in [5.74, 6) is 0. The maximum atomic E-state index is 12.3. The van der Waals surface area contributed by atoms with Crippen LogP contribution in [0.15, 0.2) is 22.0 Å². The second-order valence-electron chi connectivity index (χ2n) is 6.09. The minimum absolute atomic E-state index is 0.00882. The lowest BCUT2D eigenvalue weighted by atomic mass is 9.75. The summed E-state index contributed by atoms with van der Waals surface area (Å²) in [6, 6.07) is 1.10. The smallest absolute Gasteiger partial charge is 0.266 e. The molecule has 1 heterocycles. The lowest BCUT2D eigenvalue weighted by molar-refractivity contribution is 0.212. The van der Waals surface area contributed by atoms with Gasteiger partial charge in [-0.05, 0) is 30.7 Å². The van der Waals surface area contributed by atoms with Crippen molar-refractivity contribution in [2.24, 2.45) is 5.41 Å². The van der Waals surface area contributed by atoms with Gasteiger partial charge in [-0.3, -0.25) is 4.79 Å². The Hall–Kier alpha value is -0.850. The van der Waals surface area contributed by atoms with Crippen molar-refractivity contribution >= 4 is 21.6 Å². The minimum Gasteiger partial charge on any atom is -0.326 e. The molecule has 0 bridgehead atoms. The molecule has 0 aliphatic heterocycles. The zero-order valence-corrected chi connectivity index (χ0v) is 13.1. The van der Waals surface area contributed by atoms with E-state index in [4.69, 9.17) is 11.6 Å². The molecule has 2 rings (SSSR count). The Morgan fingerprint density at radius 1 is 1.45 bits per heavy atom. The molecule has 0 aromatic carbocycles. The molecule has 1 fully saturated rings. The van der Waals surface area contributed by atoms with E-state index in [1.165, 1.54) is 12.3 Å². The Bertz CT molecular complexity index is 652. The lowest BCUT2D eigenvalue weighted by Gasteiger charge is -2.35. The zero-order chi connectivity index (χ0) is 15.0. The van der Waals surface area contributed by atoms with Crippen LogP contribution in [0.5, 0.6) is 0 Å². The van der Waals surface area contributed by atoms with Crippen LogP contribution in [0.1, 0.15) is 39.5 Å². The fraction of sp³-hybridized carbons (Fsp3) is 0.615. The molecular weight excluding hydrogens is 300 g/mol. The number of aromatic nitrogens is 1. The zero-order valence-electron chi connectivity index (χ0n) is 11.6. The standard InChI is InChI=1S/C13H19ClN2O3S/c1-13(2)5-3-4-9(7-13)16-20(18,19)10-6-11(14)12(17)15-8-10/h6,8-9,16H,3-5,7H2,1-2H3,(H,15,17). The van der Waals surface area contributed by atoms with Gasteiger partial charge in [-0.15, -0.1) is 0 Å². The molecule has 112 valence electrons. The predicted molar refractivity (Wildman–Crippen MR) is 78.4 cm³/mol. The van der Waals surface area contributed by atoms with Crippen LogP contribution >= 0.6 is 11.6 Å². The Morgan fingerprint density at radius 2 is 2.15 bits per heavy atom. The van der Waals surface area contributed by atoms with Crippen LogP contribution in [-0.2, 0) is 10.0 Å². The monoisotopic (exact) mass is 318 g/mol. The van der Waals surface area contributed by atoms with Gasteiger partial charge in [0.15, 0.2) is 0 Å². The topological polar surface area (TPSA) is 79.0 Å². The van der Waals surface area contributed by atoms with Crippen molar-refractivity contribution in [1.82, 2.24) is 9.71 Å². The van der Waals surface area contributed by atoms with Gasteiger partial charge in [-0.2, -0.15) is 0 Å². The third-order valence-corrected chi connectivity index (χ3v) is 5.45. The molecule has 1 aliphatic carbocycles. The average molecular weight is 319 g/mol. The second-order valence-corrected chi connectivity index (χ2v) is 8.21. The first-order valence-electron chi connectivity index (χ1n) is 6.60. The van der Waals surface area contributed by atoms with E-state index in [0.29, 0.717) is 0 Å². The Labute approximate surface area is 123 Å². The number of hydrogen-bond donors (Lipinski definition) is 2. The number of halogens is 1. The number of nitrogens with one attached hydrogen (secondary N) is 2. The molecule has 20 heavy (non-hydrogen) atoms. The highest BCUT2D eigenvalue weighted by Crippen LogP contribution is 2.35. The van der Waals surface area contributed by atoms with Gasteiger partial charge < -0.3 is 4.98 Å². The second kappa shape index (κ2) is 5.50. The van der Waals surface area contributed by atoms with Crippen molar-refractivity contribution in [2.75, 3.05) is 0 Å². The van der Waals surface area contributed by atoms with Gasteiger partial charge in [-0.1, -0.05) is 31.9 Å². The Morgan fingerprint density at radius 3 is 2.75 bits per heavy atom. The maximum absolute atomic E-state index is 12.3. The fourth-order valence-corrected chi connectivity index (χ4v) is 4.18. The maximum Gasteiger partial charge on any atom is 0.266 e. The number of sulfonamides is 1. The van der Waals surface area contributed by atoms with Crippen LogP contribution in [0.3, 0.4) is 0 Å². The third kappa shape index (κ3) is 3.62. The van der Waals surface area contributed by atoms with E-state index in [1.807, 2.05) is 0 Å². The molecule has 7 heteroatoms. The van der Waals surface area contributed by atoms with Gasteiger partial charge in [0.25, 0.3) is 5.56 Å². The molecule has 0 spiro atoms. The summed E-state index contributed by atoms with van der Waals surface area (Å²) in [4.78, 5) is 13.5. The predicted octanol–water partition coefficient (Wildman–Crippen LogP) is 2.28. The van der Waals surface area contributed by atoms with Crippen molar-refractivity contribution < 1.29 is 8.42 Å². The molecule has 0 radical (unpaired) electrons. The molecule has 1 aromatic heterocycles. The molecule has 2 N–H and O–H groups in total. The number of aromatic amines is 1. The molecule has 1 unspecified atom stereocenters. The lowest BCUT2D eigenvalue weighted by Crippen LogP contribution is -2.40. The van der Waals surface area contributed by atoms with E-state index < -0.39 is 15.6 Å². The SMILES string of the molecule is CC1(C)CCCC(NS(=O)(=O)c2c[nH]c(=O)c(Cl)c2)C1. The highest BCUT2D eigenvalue weighted by atomic mass is 35.5. The highest BCUT2D eigenvalue weighted by Gasteiger charge is 2.31. The van der Waals surface area contributed by atoms with Crippen LogP contribution in [0.25, 0.3) is 0 Å². The first kappa shape index (κ1) is 15.5. The largest absolute Gasteiger partial charge is 0.326 e. The van der Waals surface area contributed by atoms with Crippen LogP contribution in [-0.4, -0.2) is 19.4 Å². The number of H-pyrrole nitrogens is 1. The number of rotatable bonds is 3. The van der Waals surface area contributed by atoms with Gasteiger partial charge >= 0.3 is 0 Å². The summed E-state index contributed by atoms with van der Waals surface area (Å²) in [5.41, 5.74) is -0.349. The van der Waals surface area contributed by atoms with Crippen LogP contribution in [0.2, 0.25) is 5.02 Å². The van der Waals surface area contributed by atoms with Crippen molar-refractivity contribution in [1.29, 1.82) is 0 Å². The summed E-state index contributed by atoms with van der Waals surface area (Å²) >= 11 is 5.67.